The fourth-order valence-electron chi connectivity index (χ4n) is 4.62. The molecule has 1 aromatic heterocycles. The van der Waals surface area contributed by atoms with Crippen molar-refractivity contribution in [3.63, 3.8) is 0 Å². The summed E-state index contributed by atoms with van der Waals surface area (Å²) < 4.78 is 5.94. The number of likely N-dealkylation sites (tertiary alicyclic amines) is 1. The molecule has 2 aliphatic heterocycles. The van der Waals surface area contributed by atoms with Crippen LogP contribution in [0.2, 0.25) is 0 Å². The van der Waals surface area contributed by atoms with E-state index in [1.54, 1.807) is 18.0 Å². The fraction of sp³-hybridized carbons (Fsp3) is 0.290. The van der Waals surface area contributed by atoms with Crippen LogP contribution >= 0.6 is 0 Å². The summed E-state index contributed by atoms with van der Waals surface area (Å²) in [7, 11) is 2.05. The number of carbonyl (C=O) groups excluding carboxylic acids is 2. The van der Waals surface area contributed by atoms with Gasteiger partial charge in [-0.1, -0.05) is 30.2 Å². The molecule has 204 valence electrons. The zero-order chi connectivity index (χ0) is 27.9. The lowest BCUT2D eigenvalue weighted by Gasteiger charge is -2.36. The maximum atomic E-state index is 13.0. The highest BCUT2D eigenvalue weighted by molar-refractivity contribution is 5.98. The Labute approximate surface area is 234 Å². The summed E-state index contributed by atoms with van der Waals surface area (Å²) in [5.74, 6) is 5.73. The van der Waals surface area contributed by atoms with E-state index in [1.165, 1.54) is 0 Å². The van der Waals surface area contributed by atoms with Gasteiger partial charge >= 0.3 is 0 Å². The highest BCUT2D eigenvalue weighted by atomic mass is 16.5. The monoisotopic (exact) mass is 536 g/mol. The first-order valence-electron chi connectivity index (χ1n) is 13.3. The molecule has 2 aromatic carbocycles. The molecule has 3 heterocycles. The van der Waals surface area contributed by atoms with Crippen LogP contribution in [0, 0.1) is 17.8 Å². The highest BCUT2D eigenvalue weighted by Gasteiger charge is 2.35. The van der Waals surface area contributed by atoms with Gasteiger partial charge in [0.1, 0.15) is 5.75 Å². The van der Waals surface area contributed by atoms with Crippen molar-refractivity contribution in [1.29, 1.82) is 0 Å². The Hall–Kier alpha value is -4.68. The van der Waals surface area contributed by atoms with Crippen molar-refractivity contribution in [2.75, 3.05) is 43.9 Å². The molecule has 0 aliphatic carbocycles. The molecule has 5 rings (SSSR count). The minimum Gasteiger partial charge on any atom is -0.493 e. The van der Waals surface area contributed by atoms with Crippen LogP contribution in [0.1, 0.15) is 18.9 Å². The van der Waals surface area contributed by atoms with Gasteiger partial charge < -0.3 is 20.3 Å². The Balaban J connectivity index is 1.40. The van der Waals surface area contributed by atoms with E-state index in [0.29, 0.717) is 37.9 Å². The number of nitrogens with zero attached hydrogens (tertiary/aromatic N) is 4. The van der Waals surface area contributed by atoms with Crippen molar-refractivity contribution in [1.82, 2.24) is 19.8 Å². The largest absolute Gasteiger partial charge is 0.493 e. The number of hydrogen-bond acceptors (Lipinski definition) is 7. The van der Waals surface area contributed by atoms with Gasteiger partial charge in [-0.15, -0.1) is 0 Å². The predicted molar refractivity (Wildman–Crippen MR) is 155 cm³/mol. The molecule has 0 unspecified atom stereocenters. The van der Waals surface area contributed by atoms with E-state index < -0.39 is 0 Å². The molecule has 9 heteroatoms. The number of nitrogens with one attached hydrogen (secondary N) is 2. The van der Waals surface area contributed by atoms with Gasteiger partial charge in [-0.05, 0) is 68.3 Å². The first-order chi connectivity index (χ1) is 19.5. The van der Waals surface area contributed by atoms with Gasteiger partial charge in [0.05, 0.1) is 18.2 Å². The Morgan fingerprint density at radius 1 is 1.12 bits per heavy atom. The van der Waals surface area contributed by atoms with E-state index >= 15 is 0 Å². The van der Waals surface area contributed by atoms with Gasteiger partial charge in [0.2, 0.25) is 11.9 Å². The molecule has 3 aromatic rings. The second-order valence-corrected chi connectivity index (χ2v) is 9.91. The van der Waals surface area contributed by atoms with Gasteiger partial charge in [-0.2, -0.15) is 0 Å². The van der Waals surface area contributed by atoms with Crippen molar-refractivity contribution >= 4 is 29.1 Å². The summed E-state index contributed by atoms with van der Waals surface area (Å²) in [4.78, 5) is 37.8. The number of rotatable bonds is 2. The van der Waals surface area contributed by atoms with Gasteiger partial charge in [0, 0.05) is 49.3 Å². The van der Waals surface area contributed by atoms with Crippen molar-refractivity contribution in [2.45, 2.75) is 19.9 Å². The molecule has 0 radical (unpaired) electrons. The number of fused-ring (bicyclic) bond motifs is 7. The molecule has 0 atom stereocenters. The molecule has 6 bridgehead atoms. The van der Waals surface area contributed by atoms with Crippen LogP contribution in [0.5, 0.6) is 5.75 Å². The second kappa shape index (κ2) is 12.5. The first kappa shape index (κ1) is 26.9. The number of likely N-dealkylation sites (N-methyl/N-ethyl adjacent to an activating group) is 1. The van der Waals surface area contributed by atoms with E-state index in [9.17, 15) is 9.59 Å². The van der Waals surface area contributed by atoms with Crippen molar-refractivity contribution in [3.05, 3.63) is 72.4 Å². The van der Waals surface area contributed by atoms with E-state index in [2.05, 4.69) is 51.6 Å². The molecule has 2 aliphatic rings. The number of amides is 2. The minimum atomic E-state index is -0.270. The zero-order valence-electron chi connectivity index (χ0n) is 22.7. The molecular formula is C31H32N6O3. The zero-order valence-corrected chi connectivity index (χ0v) is 22.7. The quantitative estimate of drug-likeness (QED) is 0.376. The van der Waals surface area contributed by atoms with Crippen LogP contribution in [0.25, 0.3) is 11.3 Å². The van der Waals surface area contributed by atoms with E-state index in [0.717, 1.165) is 41.2 Å². The molecule has 40 heavy (non-hydrogen) atoms. The normalized spacial score (nSPS) is 16.5. The smallest absolute Gasteiger partial charge is 0.298 e. The lowest BCUT2D eigenvalue weighted by atomic mass is 9.99. The molecule has 2 amide bonds. The molecular weight excluding hydrogens is 504 g/mol. The third kappa shape index (κ3) is 6.84. The maximum absolute atomic E-state index is 13.0. The molecule has 9 nitrogen and oxygen atoms in total. The summed E-state index contributed by atoms with van der Waals surface area (Å²) in [5, 5.41) is 6.35. The van der Waals surface area contributed by atoms with Gasteiger partial charge in [-0.25, -0.2) is 9.97 Å². The summed E-state index contributed by atoms with van der Waals surface area (Å²) in [5.41, 5.74) is 4.15. The van der Waals surface area contributed by atoms with Crippen LogP contribution in [0.3, 0.4) is 0 Å². The molecule has 1 fully saturated rings. The SMILES string of the molecule is CC#CC(=O)N1CC(C(=O)Nc2cc3cc(c2)Nc2nccc(n2)-c2cccc(c2)OCC/C=C/CN(C)C3)C1. The van der Waals surface area contributed by atoms with E-state index in [-0.39, 0.29) is 17.7 Å². The summed E-state index contributed by atoms with van der Waals surface area (Å²) in [6, 6.07) is 15.6. The number of aromatic nitrogens is 2. The minimum absolute atomic E-state index is 0.122. The number of anilines is 3. The molecule has 0 spiro atoms. The van der Waals surface area contributed by atoms with Gasteiger partial charge in [0.25, 0.3) is 5.91 Å². The molecule has 1 saturated heterocycles. The Bertz CT molecular complexity index is 1490. The fourth-order valence-corrected chi connectivity index (χ4v) is 4.62. The van der Waals surface area contributed by atoms with Crippen LogP contribution < -0.4 is 15.4 Å². The maximum Gasteiger partial charge on any atom is 0.298 e. The molecule has 2 N–H and O–H groups in total. The van der Waals surface area contributed by atoms with Gasteiger partial charge in [0.15, 0.2) is 0 Å². The highest BCUT2D eigenvalue weighted by Crippen LogP contribution is 2.27. The number of hydrogen-bond donors (Lipinski definition) is 2. The third-order valence-electron chi connectivity index (χ3n) is 6.66. The number of carbonyl (C=O) groups is 2. The van der Waals surface area contributed by atoms with Crippen molar-refractivity contribution in [3.8, 4) is 28.8 Å². The first-order valence-corrected chi connectivity index (χ1v) is 13.3. The average Bonchev–Trinajstić information content (AvgIpc) is 2.89. The summed E-state index contributed by atoms with van der Waals surface area (Å²) in [6.07, 6.45) is 6.79. The van der Waals surface area contributed by atoms with Crippen LogP contribution in [-0.2, 0) is 16.1 Å². The third-order valence-corrected chi connectivity index (χ3v) is 6.66. The second-order valence-electron chi connectivity index (χ2n) is 9.91. The number of benzene rings is 2. The standard InChI is InChI=1S/C31H32N6O3/c1-3-8-29(38)37-20-24(21-37)30(39)33-25-15-22-16-26(18-25)34-31-32-12-11-28(35-31)23-9-7-10-27(17-23)40-14-6-4-5-13-36(2)19-22/h4-5,7,9-12,15-18,24H,6,13-14,19-21H2,1-2H3,(H,33,39)(H,32,34,35)/b5-4+. The summed E-state index contributed by atoms with van der Waals surface area (Å²) in [6.45, 7) is 4.39. The average molecular weight is 537 g/mol. The van der Waals surface area contributed by atoms with Gasteiger partial charge in [-0.3, -0.25) is 14.5 Å². The topological polar surface area (TPSA) is 99.7 Å². The van der Waals surface area contributed by atoms with Crippen molar-refractivity contribution in [2.24, 2.45) is 5.92 Å². The number of ether oxygens (including phenoxy) is 1. The Morgan fingerprint density at radius 2 is 2.00 bits per heavy atom. The van der Waals surface area contributed by atoms with Crippen LogP contribution in [0.15, 0.2) is 66.9 Å². The van der Waals surface area contributed by atoms with Crippen molar-refractivity contribution < 1.29 is 14.3 Å². The lowest BCUT2D eigenvalue weighted by Crippen LogP contribution is -2.54. The molecule has 0 saturated carbocycles. The van der Waals surface area contributed by atoms with Crippen LogP contribution in [0.4, 0.5) is 17.3 Å². The Morgan fingerprint density at radius 3 is 2.85 bits per heavy atom. The van der Waals surface area contributed by atoms with E-state index in [4.69, 9.17) is 9.72 Å². The Kier molecular flexibility index (Phi) is 8.38. The predicted octanol–water partition coefficient (Wildman–Crippen LogP) is 4.08. The lowest BCUT2D eigenvalue weighted by molar-refractivity contribution is -0.136. The van der Waals surface area contributed by atoms with Crippen LogP contribution in [-0.4, -0.2) is 64.9 Å². The van der Waals surface area contributed by atoms with E-state index in [1.807, 2.05) is 48.5 Å². The summed E-state index contributed by atoms with van der Waals surface area (Å²) >= 11 is 0.